The van der Waals surface area contributed by atoms with Gasteiger partial charge >= 0.3 is 12.0 Å². The molecular formula is C10H13N5O4. The lowest BCUT2D eigenvalue weighted by Gasteiger charge is -2.04. The van der Waals surface area contributed by atoms with E-state index in [4.69, 9.17) is 0 Å². The quantitative estimate of drug-likeness (QED) is 0.680. The van der Waals surface area contributed by atoms with E-state index in [1.807, 2.05) is 0 Å². The van der Waals surface area contributed by atoms with Crippen molar-refractivity contribution in [3.8, 4) is 0 Å². The Morgan fingerprint density at radius 2 is 2.21 bits per heavy atom. The Morgan fingerprint density at radius 1 is 1.47 bits per heavy atom. The zero-order valence-electron chi connectivity index (χ0n) is 10.3. The van der Waals surface area contributed by atoms with Gasteiger partial charge in [0.2, 0.25) is 5.91 Å². The van der Waals surface area contributed by atoms with Gasteiger partial charge in [0.25, 0.3) is 0 Å². The number of methoxy groups -OCH3 is 1. The molecule has 3 amide bonds. The highest BCUT2D eigenvalue weighted by Gasteiger charge is 2.24. The molecule has 0 spiro atoms. The molecule has 0 saturated heterocycles. The molecule has 0 radical (unpaired) electrons. The van der Waals surface area contributed by atoms with Crippen LogP contribution in [0, 0.1) is 0 Å². The van der Waals surface area contributed by atoms with Crippen LogP contribution in [0.25, 0.3) is 0 Å². The van der Waals surface area contributed by atoms with Gasteiger partial charge in [-0.25, -0.2) is 14.3 Å². The number of urea groups is 1. The third-order valence-corrected chi connectivity index (χ3v) is 2.40. The van der Waals surface area contributed by atoms with E-state index in [0.29, 0.717) is 0 Å². The van der Waals surface area contributed by atoms with Gasteiger partial charge in [0, 0.05) is 6.04 Å². The molecule has 0 aromatic carbocycles. The van der Waals surface area contributed by atoms with Gasteiger partial charge in [-0.1, -0.05) is 5.21 Å². The Hall–Kier alpha value is -2.45. The van der Waals surface area contributed by atoms with Crippen LogP contribution in [-0.2, 0) is 16.1 Å². The Kier molecular flexibility index (Phi) is 3.74. The van der Waals surface area contributed by atoms with Gasteiger partial charge in [-0.2, -0.15) is 0 Å². The lowest BCUT2D eigenvalue weighted by Crippen LogP contribution is -2.41. The molecule has 1 aliphatic carbocycles. The average Bonchev–Trinajstić information content (AvgIpc) is 3.04. The van der Waals surface area contributed by atoms with Gasteiger partial charge < -0.3 is 10.1 Å². The van der Waals surface area contributed by atoms with Crippen LogP contribution in [0.1, 0.15) is 23.3 Å². The average molecular weight is 267 g/mol. The third kappa shape index (κ3) is 3.76. The highest BCUT2D eigenvalue weighted by atomic mass is 16.5. The van der Waals surface area contributed by atoms with Crippen LogP contribution in [0.4, 0.5) is 4.79 Å². The van der Waals surface area contributed by atoms with E-state index in [2.05, 4.69) is 25.7 Å². The summed E-state index contributed by atoms with van der Waals surface area (Å²) < 4.78 is 5.60. The van der Waals surface area contributed by atoms with Gasteiger partial charge in [0.05, 0.1) is 13.3 Å². The van der Waals surface area contributed by atoms with Crippen LogP contribution in [0.3, 0.4) is 0 Å². The van der Waals surface area contributed by atoms with Crippen molar-refractivity contribution >= 4 is 17.9 Å². The number of nitrogens with one attached hydrogen (secondary N) is 2. The minimum atomic E-state index is -0.641. The lowest BCUT2D eigenvalue weighted by atomic mass is 10.5. The number of aromatic nitrogens is 3. The smallest absolute Gasteiger partial charge is 0.360 e. The molecule has 1 aromatic rings. The lowest BCUT2D eigenvalue weighted by molar-refractivity contribution is -0.120. The zero-order valence-corrected chi connectivity index (χ0v) is 10.3. The van der Waals surface area contributed by atoms with E-state index < -0.39 is 17.9 Å². The molecule has 0 aliphatic heterocycles. The van der Waals surface area contributed by atoms with Gasteiger partial charge in [-0.05, 0) is 12.8 Å². The van der Waals surface area contributed by atoms with Crippen molar-refractivity contribution in [3.05, 3.63) is 11.9 Å². The molecule has 1 aromatic heterocycles. The largest absolute Gasteiger partial charge is 0.464 e. The number of ether oxygens (including phenoxy) is 1. The van der Waals surface area contributed by atoms with Gasteiger partial charge in [-0.3, -0.25) is 10.1 Å². The summed E-state index contributed by atoms with van der Waals surface area (Å²) >= 11 is 0. The number of esters is 1. The normalized spacial score (nSPS) is 13.7. The van der Waals surface area contributed by atoms with Crippen molar-refractivity contribution in [2.24, 2.45) is 0 Å². The minimum absolute atomic E-state index is 0.00210. The van der Waals surface area contributed by atoms with Crippen molar-refractivity contribution < 1.29 is 19.1 Å². The first-order chi connectivity index (χ1) is 9.08. The maximum Gasteiger partial charge on any atom is 0.360 e. The highest BCUT2D eigenvalue weighted by molar-refractivity contribution is 5.94. The molecule has 2 rings (SSSR count). The summed E-state index contributed by atoms with van der Waals surface area (Å²) in [5, 5.41) is 11.9. The molecule has 0 atom stereocenters. The van der Waals surface area contributed by atoms with Crippen LogP contribution in [0.15, 0.2) is 6.20 Å². The summed E-state index contributed by atoms with van der Waals surface area (Å²) in [7, 11) is 1.22. The Bertz CT molecular complexity index is 508. The van der Waals surface area contributed by atoms with Gasteiger partial charge in [0.15, 0.2) is 5.69 Å². The van der Waals surface area contributed by atoms with Crippen molar-refractivity contribution in [1.82, 2.24) is 25.6 Å². The molecule has 102 valence electrons. The summed E-state index contributed by atoms with van der Waals surface area (Å²) in [6.07, 6.45) is 3.14. The molecule has 0 unspecified atom stereocenters. The Labute approximate surface area is 108 Å². The molecule has 9 nitrogen and oxygen atoms in total. The number of rotatable bonds is 4. The standard InChI is InChI=1S/C10H13N5O4/c1-19-9(17)7-4-15(14-13-7)5-8(16)12-10(18)11-6-2-3-6/h4,6H,2-3,5H2,1H3,(H2,11,12,16,18). The summed E-state index contributed by atoms with van der Waals surface area (Å²) in [4.78, 5) is 33.9. The zero-order chi connectivity index (χ0) is 13.8. The second-order valence-corrected chi connectivity index (χ2v) is 4.09. The minimum Gasteiger partial charge on any atom is -0.464 e. The number of hydrogen-bond acceptors (Lipinski definition) is 6. The molecule has 1 saturated carbocycles. The summed E-state index contributed by atoms with van der Waals surface area (Å²) in [6, 6.07) is -0.356. The van der Waals surface area contributed by atoms with Crippen molar-refractivity contribution in [3.63, 3.8) is 0 Å². The van der Waals surface area contributed by atoms with E-state index in [9.17, 15) is 14.4 Å². The first-order valence-electron chi connectivity index (χ1n) is 5.67. The topological polar surface area (TPSA) is 115 Å². The number of nitrogens with zero attached hydrogens (tertiary/aromatic N) is 3. The maximum absolute atomic E-state index is 11.5. The first-order valence-corrected chi connectivity index (χ1v) is 5.67. The van der Waals surface area contributed by atoms with E-state index in [-0.39, 0.29) is 18.3 Å². The van der Waals surface area contributed by atoms with Crippen LogP contribution in [0.5, 0.6) is 0 Å². The Morgan fingerprint density at radius 3 is 2.84 bits per heavy atom. The van der Waals surface area contributed by atoms with Gasteiger partial charge in [-0.15, -0.1) is 5.10 Å². The molecule has 1 heterocycles. The van der Waals surface area contributed by atoms with Crippen molar-refractivity contribution in [1.29, 1.82) is 0 Å². The monoisotopic (exact) mass is 267 g/mol. The van der Waals surface area contributed by atoms with Crippen LogP contribution in [0.2, 0.25) is 0 Å². The summed E-state index contributed by atoms with van der Waals surface area (Å²) in [5.74, 6) is -1.18. The van der Waals surface area contributed by atoms with Crippen LogP contribution < -0.4 is 10.6 Å². The molecular weight excluding hydrogens is 254 g/mol. The van der Waals surface area contributed by atoms with Crippen molar-refractivity contribution in [2.45, 2.75) is 25.4 Å². The van der Waals surface area contributed by atoms with Crippen molar-refractivity contribution in [2.75, 3.05) is 7.11 Å². The molecule has 19 heavy (non-hydrogen) atoms. The second kappa shape index (κ2) is 5.46. The van der Waals surface area contributed by atoms with E-state index in [0.717, 1.165) is 17.5 Å². The molecule has 2 N–H and O–H groups in total. The number of amides is 3. The fourth-order valence-electron chi connectivity index (χ4n) is 1.34. The van der Waals surface area contributed by atoms with Crippen LogP contribution >= 0.6 is 0 Å². The molecule has 1 fully saturated rings. The first kappa shape index (κ1) is 13.0. The number of hydrogen-bond donors (Lipinski definition) is 2. The van der Waals surface area contributed by atoms with Gasteiger partial charge in [0.1, 0.15) is 6.54 Å². The summed E-state index contributed by atoms with van der Waals surface area (Å²) in [6.45, 7) is -0.206. The SMILES string of the molecule is COC(=O)c1cn(CC(=O)NC(=O)NC2CC2)nn1. The summed E-state index contributed by atoms with van der Waals surface area (Å²) in [5.41, 5.74) is -0.00210. The fourth-order valence-corrected chi connectivity index (χ4v) is 1.34. The molecule has 9 heteroatoms. The second-order valence-electron chi connectivity index (χ2n) is 4.09. The predicted molar refractivity (Wildman–Crippen MR) is 61.1 cm³/mol. The molecule has 1 aliphatic rings. The predicted octanol–water partition coefficient (Wildman–Crippen LogP) is -0.947. The highest BCUT2D eigenvalue weighted by Crippen LogP contribution is 2.18. The number of imide groups is 1. The van der Waals surface area contributed by atoms with E-state index in [1.54, 1.807) is 0 Å². The maximum atomic E-state index is 11.5. The Balaban J connectivity index is 1.82. The fraction of sp³-hybridized carbons (Fsp3) is 0.500. The third-order valence-electron chi connectivity index (χ3n) is 2.40. The van der Waals surface area contributed by atoms with E-state index >= 15 is 0 Å². The van der Waals surface area contributed by atoms with Crippen LogP contribution in [-0.4, -0.2) is 46.1 Å². The number of carbonyl (C=O) groups excluding carboxylic acids is 3. The number of carbonyl (C=O) groups is 3. The molecule has 0 bridgehead atoms. The van der Waals surface area contributed by atoms with E-state index in [1.165, 1.54) is 13.3 Å².